The average Bonchev–Trinajstić information content (AvgIpc) is 2.36. The van der Waals surface area contributed by atoms with Crippen LogP contribution in [0.5, 0.6) is 5.75 Å². The van der Waals surface area contributed by atoms with Gasteiger partial charge in [-0.1, -0.05) is 45.9 Å². The molecule has 1 aromatic carbocycles. The Bertz CT molecular complexity index is 413. The topological polar surface area (TPSA) is 38.3 Å². The van der Waals surface area contributed by atoms with Crippen LogP contribution in [0.15, 0.2) is 24.3 Å². The summed E-state index contributed by atoms with van der Waals surface area (Å²) in [7, 11) is 0. The van der Waals surface area contributed by atoms with E-state index in [2.05, 4.69) is 33.0 Å². The van der Waals surface area contributed by atoms with Crippen molar-refractivity contribution in [3.8, 4) is 5.75 Å². The van der Waals surface area contributed by atoms with E-state index in [4.69, 9.17) is 4.74 Å². The molecule has 0 radical (unpaired) electrons. The molecule has 0 saturated carbocycles. The lowest BCUT2D eigenvalue weighted by molar-refractivity contribution is -0.124. The summed E-state index contributed by atoms with van der Waals surface area (Å²) in [6.45, 7) is 10.5. The van der Waals surface area contributed by atoms with E-state index < -0.39 is 0 Å². The molecule has 19 heavy (non-hydrogen) atoms. The summed E-state index contributed by atoms with van der Waals surface area (Å²) in [5, 5.41) is 2.93. The first-order valence-electron chi connectivity index (χ1n) is 6.93. The monoisotopic (exact) mass is 263 g/mol. The molecule has 0 aliphatic carbocycles. The second-order valence-corrected chi connectivity index (χ2v) is 5.58. The van der Waals surface area contributed by atoms with Crippen molar-refractivity contribution >= 4 is 5.91 Å². The minimum absolute atomic E-state index is 0.0697. The Balaban J connectivity index is 2.55. The predicted molar refractivity (Wildman–Crippen MR) is 78.5 cm³/mol. The number of rotatable bonds is 6. The molecule has 0 aliphatic heterocycles. The first kappa shape index (κ1) is 15.5. The fraction of sp³-hybridized carbons (Fsp3) is 0.562. The van der Waals surface area contributed by atoms with Crippen molar-refractivity contribution < 1.29 is 9.53 Å². The summed E-state index contributed by atoms with van der Waals surface area (Å²) in [4.78, 5) is 11.8. The molecule has 3 heteroatoms. The molecule has 1 atom stereocenters. The van der Waals surface area contributed by atoms with Gasteiger partial charge in [0.1, 0.15) is 5.75 Å². The quantitative estimate of drug-likeness (QED) is 0.854. The summed E-state index contributed by atoms with van der Waals surface area (Å²) in [5.41, 5.74) is 1.13. The number of carbonyl (C=O) groups is 1. The average molecular weight is 263 g/mol. The number of amides is 1. The van der Waals surface area contributed by atoms with E-state index in [0.29, 0.717) is 11.8 Å². The highest BCUT2D eigenvalue weighted by atomic mass is 16.5. The molecule has 1 N–H and O–H groups in total. The van der Waals surface area contributed by atoms with Gasteiger partial charge in [0.2, 0.25) is 0 Å². The molecule has 0 saturated heterocycles. The second kappa shape index (κ2) is 7.17. The number of nitrogens with one attached hydrogen (secondary N) is 1. The highest BCUT2D eigenvalue weighted by Gasteiger charge is 2.12. The van der Waals surface area contributed by atoms with Crippen LogP contribution in [0.25, 0.3) is 0 Å². The van der Waals surface area contributed by atoms with Gasteiger partial charge in [-0.15, -0.1) is 0 Å². The molecule has 0 fully saturated rings. The number of ether oxygens (including phenoxy) is 1. The molecule has 0 bridgehead atoms. The van der Waals surface area contributed by atoms with Gasteiger partial charge in [0.25, 0.3) is 5.91 Å². The molecule has 1 unspecified atom stereocenters. The summed E-state index contributed by atoms with van der Waals surface area (Å²) in [6, 6.07) is 8.03. The van der Waals surface area contributed by atoms with Crippen molar-refractivity contribution in [1.82, 2.24) is 5.32 Å². The third-order valence-electron chi connectivity index (χ3n) is 3.29. The maximum atomic E-state index is 11.8. The molecule has 1 rings (SSSR count). The zero-order chi connectivity index (χ0) is 14.4. The zero-order valence-electron chi connectivity index (χ0n) is 12.6. The van der Waals surface area contributed by atoms with Crippen molar-refractivity contribution in [3.63, 3.8) is 0 Å². The smallest absolute Gasteiger partial charge is 0.258 e. The Labute approximate surface area is 116 Å². The molecular formula is C16H25NO2. The van der Waals surface area contributed by atoms with E-state index in [9.17, 15) is 4.79 Å². The molecule has 0 aromatic heterocycles. The van der Waals surface area contributed by atoms with Gasteiger partial charge in [-0.25, -0.2) is 0 Å². The van der Waals surface area contributed by atoms with E-state index >= 15 is 0 Å². The minimum Gasteiger partial charge on any atom is -0.483 e. The Hall–Kier alpha value is -1.51. The van der Waals surface area contributed by atoms with Crippen LogP contribution in [-0.4, -0.2) is 18.6 Å². The molecule has 1 aromatic rings. The van der Waals surface area contributed by atoms with Crippen LogP contribution in [0.2, 0.25) is 0 Å². The van der Waals surface area contributed by atoms with Gasteiger partial charge in [-0.05, 0) is 30.4 Å². The normalized spacial score (nSPS) is 12.6. The lowest BCUT2D eigenvalue weighted by Crippen LogP contribution is -2.39. The largest absolute Gasteiger partial charge is 0.483 e. The highest BCUT2D eigenvalue weighted by molar-refractivity contribution is 5.77. The van der Waals surface area contributed by atoms with Gasteiger partial charge in [-0.3, -0.25) is 4.79 Å². The lowest BCUT2D eigenvalue weighted by atomic mass is 10.0. The van der Waals surface area contributed by atoms with E-state index in [-0.39, 0.29) is 18.6 Å². The number of para-hydroxylation sites is 1. The summed E-state index contributed by atoms with van der Waals surface area (Å²) in [5.74, 6) is 1.53. The maximum Gasteiger partial charge on any atom is 0.258 e. The fourth-order valence-electron chi connectivity index (χ4n) is 1.69. The standard InChI is InChI=1S/C16H25NO2/c1-11(2)13(5)17-16(18)10-19-15-9-7-6-8-14(15)12(3)4/h6-9,11-13H,10H2,1-5H3,(H,17,18). The van der Waals surface area contributed by atoms with E-state index in [0.717, 1.165) is 11.3 Å². The SMILES string of the molecule is CC(C)c1ccccc1OCC(=O)NC(C)C(C)C. The van der Waals surface area contributed by atoms with Crippen LogP contribution in [-0.2, 0) is 4.79 Å². The predicted octanol–water partition coefficient (Wildman–Crippen LogP) is 3.35. The van der Waals surface area contributed by atoms with Gasteiger partial charge in [0, 0.05) is 6.04 Å². The first-order valence-corrected chi connectivity index (χ1v) is 6.93. The van der Waals surface area contributed by atoms with Gasteiger partial charge in [0.05, 0.1) is 0 Å². The first-order chi connectivity index (χ1) is 8.91. The van der Waals surface area contributed by atoms with Crippen molar-refractivity contribution in [3.05, 3.63) is 29.8 Å². The zero-order valence-corrected chi connectivity index (χ0v) is 12.6. The van der Waals surface area contributed by atoms with Crippen LogP contribution in [0.4, 0.5) is 0 Å². The Kier molecular flexibility index (Phi) is 5.87. The van der Waals surface area contributed by atoms with Crippen molar-refractivity contribution in [2.75, 3.05) is 6.61 Å². The molecule has 0 spiro atoms. The van der Waals surface area contributed by atoms with Gasteiger partial charge in [0.15, 0.2) is 6.61 Å². The lowest BCUT2D eigenvalue weighted by Gasteiger charge is -2.18. The molecule has 1 amide bonds. The van der Waals surface area contributed by atoms with Crippen LogP contribution in [0, 0.1) is 5.92 Å². The molecule has 0 heterocycles. The second-order valence-electron chi connectivity index (χ2n) is 5.58. The van der Waals surface area contributed by atoms with E-state index in [1.165, 1.54) is 0 Å². The van der Waals surface area contributed by atoms with Crippen molar-refractivity contribution in [2.45, 2.75) is 46.6 Å². The number of hydrogen-bond donors (Lipinski definition) is 1. The van der Waals surface area contributed by atoms with Crippen molar-refractivity contribution in [1.29, 1.82) is 0 Å². The number of hydrogen-bond acceptors (Lipinski definition) is 2. The van der Waals surface area contributed by atoms with Crippen LogP contribution >= 0.6 is 0 Å². The Morgan fingerprint density at radius 2 is 1.79 bits per heavy atom. The third kappa shape index (κ3) is 4.93. The van der Waals surface area contributed by atoms with Crippen LogP contribution in [0.3, 0.4) is 0 Å². The van der Waals surface area contributed by atoms with E-state index in [1.807, 2.05) is 31.2 Å². The number of carbonyl (C=O) groups excluding carboxylic acids is 1. The van der Waals surface area contributed by atoms with Gasteiger partial charge >= 0.3 is 0 Å². The van der Waals surface area contributed by atoms with Crippen molar-refractivity contribution in [2.24, 2.45) is 5.92 Å². The van der Waals surface area contributed by atoms with E-state index in [1.54, 1.807) is 0 Å². The maximum absolute atomic E-state index is 11.8. The van der Waals surface area contributed by atoms with Crippen LogP contribution < -0.4 is 10.1 Å². The Morgan fingerprint density at radius 3 is 2.37 bits per heavy atom. The molecule has 106 valence electrons. The van der Waals surface area contributed by atoms with Gasteiger partial charge in [-0.2, -0.15) is 0 Å². The highest BCUT2D eigenvalue weighted by Crippen LogP contribution is 2.25. The molecule has 3 nitrogen and oxygen atoms in total. The number of benzene rings is 1. The van der Waals surface area contributed by atoms with Gasteiger partial charge < -0.3 is 10.1 Å². The summed E-state index contributed by atoms with van der Waals surface area (Å²) < 4.78 is 5.63. The third-order valence-corrected chi connectivity index (χ3v) is 3.29. The fourth-order valence-corrected chi connectivity index (χ4v) is 1.69. The molecular weight excluding hydrogens is 238 g/mol. The summed E-state index contributed by atoms with van der Waals surface area (Å²) >= 11 is 0. The summed E-state index contributed by atoms with van der Waals surface area (Å²) in [6.07, 6.45) is 0. The molecule has 0 aliphatic rings. The van der Waals surface area contributed by atoms with Crippen LogP contribution in [0.1, 0.15) is 46.1 Å². The minimum atomic E-state index is -0.0697. The Morgan fingerprint density at radius 1 is 1.16 bits per heavy atom.